The van der Waals surface area contributed by atoms with Crippen LogP contribution in [0.3, 0.4) is 0 Å². The summed E-state index contributed by atoms with van der Waals surface area (Å²) in [6.45, 7) is 4.47. The number of amides is 2. The highest BCUT2D eigenvalue weighted by Crippen LogP contribution is 2.30. The molecule has 1 heterocycles. The standard InChI is InChI=1S/C16H25N3O5.C2HF3O2/c1-3-6-19(8-10-4-5-10)15(21)14-13(18-9(2)20)11(17)7-12(24-14)16(22)23;3-2(4,5)1(6)7/h7,10-11,13-14H,3-6,8,17H2,1-2H3,(H,18,20)(H,22,23);(H,6,7)/t11-,13+,14+;/m0./s1. The first-order valence-electron chi connectivity index (χ1n) is 9.51. The highest BCUT2D eigenvalue weighted by Gasteiger charge is 2.42. The smallest absolute Gasteiger partial charge is 0.475 e. The summed E-state index contributed by atoms with van der Waals surface area (Å²) in [5.41, 5.74) is 5.97. The molecule has 13 heteroatoms. The summed E-state index contributed by atoms with van der Waals surface area (Å²) >= 11 is 0. The number of halogens is 3. The van der Waals surface area contributed by atoms with Crippen LogP contribution < -0.4 is 11.1 Å². The second-order valence-electron chi connectivity index (χ2n) is 7.21. The third-order valence-electron chi connectivity index (χ3n) is 4.39. The van der Waals surface area contributed by atoms with Crippen LogP contribution in [0.25, 0.3) is 0 Å². The van der Waals surface area contributed by atoms with Gasteiger partial charge in [0.25, 0.3) is 5.91 Å². The maximum absolute atomic E-state index is 12.9. The largest absolute Gasteiger partial charge is 0.490 e. The molecule has 3 atom stereocenters. The number of nitrogens with two attached hydrogens (primary N) is 1. The quantitative estimate of drug-likeness (QED) is 0.433. The van der Waals surface area contributed by atoms with Gasteiger partial charge < -0.3 is 30.9 Å². The van der Waals surface area contributed by atoms with Crippen LogP contribution >= 0.6 is 0 Å². The molecule has 0 bridgehead atoms. The van der Waals surface area contributed by atoms with Gasteiger partial charge in [-0.1, -0.05) is 6.92 Å². The van der Waals surface area contributed by atoms with E-state index in [1.807, 2.05) is 6.92 Å². The van der Waals surface area contributed by atoms with Gasteiger partial charge in [-0.3, -0.25) is 9.59 Å². The predicted octanol–water partition coefficient (Wildman–Crippen LogP) is 0.468. The molecule has 31 heavy (non-hydrogen) atoms. The number of aliphatic carboxylic acids is 2. The van der Waals surface area contributed by atoms with Gasteiger partial charge in [-0.25, -0.2) is 9.59 Å². The van der Waals surface area contributed by atoms with Gasteiger partial charge in [0, 0.05) is 20.0 Å². The molecule has 0 aromatic carbocycles. The molecule has 1 saturated carbocycles. The molecule has 2 rings (SSSR count). The summed E-state index contributed by atoms with van der Waals surface area (Å²) in [7, 11) is 0. The van der Waals surface area contributed by atoms with Gasteiger partial charge in [-0.15, -0.1) is 0 Å². The molecule has 1 aliphatic carbocycles. The lowest BCUT2D eigenvalue weighted by atomic mass is 9.97. The molecule has 2 aliphatic rings. The molecule has 0 aromatic heterocycles. The maximum atomic E-state index is 12.9. The first-order chi connectivity index (χ1) is 14.3. The number of hydrogen-bond donors (Lipinski definition) is 4. The Morgan fingerprint density at radius 2 is 1.81 bits per heavy atom. The molecule has 176 valence electrons. The molecule has 1 fully saturated rings. The topological polar surface area (TPSA) is 159 Å². The fourth-order valence-electron chi connectivity index (χ4n) is 2.82. The van der Waals surface area contributed by atoms with E-state index in [-0.39, 0.29) is 17.6 Å². The van der Waals surface area contributed by atoms with Crippen molar-refractivity contribution in [2.45, 2.75) is 57.5 Å². The minimum atomic E-state index is -5.08. The van der Waals surface area contributed by atoms with E-state index in [0.717, 1.165) is 19.3 Å². The summed E-state index contributed by atoms with van der Waals surface area (Å²) < 4.78 is 37.1. The lowest BCUT2D eigenvalue weighted by molar-refractivity contribution is -0.192. The first-order valence-corrected chi connectivity index (χ1v) is 9.51. The van der Waals surface area contributed by atoms with Crippen LogP contribution in [0.5, 0.6) is 0 Å². The highest BCUT2D eigenvalue weighted by molar-refractivity contribution is 5.88. The first kappa shape index (κ1) is 26.2. The van der Waals surface area contributed by atoms with Crippen LogP contribution in [0, 0.1) is 5.92 Å². The molecule has 1 aliphatic heterocycles. The SMILES string of the molecule is CCCN(CC1CC1)C(=O)[C@@H]1OC(C(=O)O)=C[C@H](N)[C@H]1NC(C)=O.O=C(O)C(F)(F)F. The van der Waals surface area contributed by atoms with Gasteiger partial charge in [0.2, 0.25) is 11.7 Å². The van der Waals surface area contributed by atoms with Crippen molar-refractivity contribution in [3.8, 4) is 0 Å². The summed E-state index contributed by atoms with van der Waals surface area (Å²) in [4.78, 5) is 46.2. The molecule has 5 N–H and O–H groups in total. The Morgan fingerprint density at radius 3 is 2.19 bits per heavy atom. The Morgan fingerprint density at radius 1 is 1.26 bits per heavy atom. The van der Waals surface area contributed by atoms with Crippen LogP contribution in [0.4, 0.5) is 13.2 Å². The van der Waals surface area contributed by atoms with Crippen molar-refractivity contribution in [3.05, 3.63) is 11.8 Å². The van der Waals surface area contributed by atoms with Gasteiger partial charge in [0.15, 0.2) is 6.10 Å². The van der Waals surface area contributed by atoms with E-state index in [1.54, 1.807) is 4.90 Å². The number of carboxylic acids is 2. The molecular weight excluding hydrogens is 427 g/mol. The summed E-state index contributed by atoms with van der Waals surface area (Å²) in [5, 5.41) is 18.9. The summed E-state index contributed by atoms with van der Waals surface area (Å²) in [6.07, 6.45) is -2.03. The van der Waals surface area contributed by atoms with Crippen molar-refractivity contribution in [2.24, 2.45) is 11.7 Å². The van der Waals surface area contributed by atoms with E-state index in [9.17, 15) is 27.6 Å². The lowest BCUT2D eigenvalue weighted by Crippen LogP contribution is -2.61. The minimum Gasteiger partial charge on any atom is -0.475 e. The molecule has 0 saturated heterocycles. The zero-order valence-corrected chi connectivity index (χ0v) is 17.0. The van der Waals surface area contributed by atoms with Crippen molar-refractivity contribution in [3.63, 3.8) is 0 Å². The van der Waals surface area contributed by atoms with Gasteiger partial charge >= 0.3 is 18.1 Å². The van der Waals surface area contributed by atoms with Crippen LogP contribution in [-0.2, 0) is 23.9 Å². The number of hydrogen-bond acceptors (Lipinski definition) is 6. The summed E-state index contributed by atoms with van der Waals surface area (Å²) in [6, 6.07) is -1.61. The zero-order valence-electron chi connectivity index (χ0n) is 17.0. The molecule has 0 unspecified atom stereocenters. The second-order valence-corrected chi connectivity index (χ2v) is 7.21. The third-order valence-corrected chi connectivity index (χ3v) is 4.39. The fourth-order valence-corrected chi connectivity index (χ4v) is 2.82. The van der Waals surface area contributed by atoms with E-state index >= 15 is 0 Å². The van der Waals surface area contributed by atoms with Crippen molar-refractivity contribution in [1.29, 1.82) is 0 Å². The van der Waals surface area contributed by atoms with Crippen LogP contribution in [0.15, 0.2) is 11.8 Å². The maximum Gasteiger partial charge on any atom is 0.490 e. The van der Waals surface area contributed by atoms with Gasteiger partial charge in [-0.2, -0.15) is 13.2 Å². The number of alkyl halides is 3. The molecule has 10 nitrogen and oxygen atoms in total. The molecule has 0 radical (unpaired) electrons. The molecular formula is C18H26F3N3O7. The van der Waals surface area contributed by atoms with E-state index in [2.05, 4.69) is 5.32 Å². The van der Waals surface area contributed by atoms with E-state index in [4.69, 9.17) is 25.5 Å². The Bertz CT molecular complexity index is 723. The Hall–Kier alpha value is -2.83. The molecule has 0 aromatic rings. The van der Waals surface area contributed by atoms with Crippen LogP contribution in [0.2, 0.25) is 0 Å². The van der Waals surface area contributed by atoms with Crippen molar-refractivity contribution < 1.29 is 47.3 Å². The number of carbonyl (C=O) groups excluding carboxylic acids is 2. The predicted molar refractivity (Wildman–Crippen MR) is 99.5 cm³/mol. The number of carboxylic acid groups (broad SMARTS) is 2. The zero-order chi connectivity index (χ0) is 23.9. The average Bonchev–Trinajstić information content (AvgIpc) is 3.45. The van der Waals surface area contributed by atoms with Gasteiger partial charge in [0.05, 0.1) is 12.1 Å². The fraction of sp³-hybridized carbons (Fsp3) is 0.667. The van der Waals surface area contributed by atoms with Crippen LogP contribution in [0.1, 0.15) is 33.1 Å². The van der Waals surface area contributed by atoms with E-state index in [1.165, 1.54) is 13.0 Å². The normalized spacial score (nSPS) is 22.8. The van der Waals surface area contributed by atoms with Crippen molar-refractivity contribution >= 4 is 23.8 Å². The summed E-state index contributed by atoms with van der Waals surface area (Å²) in [5.74, 6) is -4.59. The van der Waals surface area contributed by atoms with E-state index in [0.29, 0.717) is 19.0 Å². The monoisotopic (exact) mass is 453 g/mol. The van der Waals surface area contributed by atoms with E-state index < -0.39 is 36.3 Å². The average molecular weight is 453 g/mol. The van der Waals surface area contributed by atoms with Crippen molar-refractivity contribution in [2.75, 3.05) is 13.1 Å². The van der Waals surface area contributed by atoms with Gasteiger partial charge in [-0.05, 0) is 31.3 Å². The number of nitrogens with zero attached hydrogens (tertiary/aromatic N) is 1. The lowest BCUT2D eigenvalue weighted by Gasteiger charge is -2.37. The Kier molecular flexibility index (Phi) is 9.28. The molecule has 0 spiro atoms. The number of rotatable bonds is 7. The van der Waals surface area contributed by atoms with Crippen molar-refractivity contribution in [1.82, 2.24) is 10.2 Å². The van der Waals surface area contributed by atoms with Crippen LogP contribution in [-0.4, -0.2) is 76.3 Å². The number of carbonyl (C=O) groups is 4. The molecule has 2 amide bonds. The second kappa shape index (κ2) is 11.0. The van der Waals surface area contributed by atoms with Gasteiger partial charge in [0.1, 0.15) is 0 Å². The Balaban J connectivity index is 0.000000592. The third kappa shape index (κ3) is 8.44. The minimum absolute atomic E-state index is 0.329. The Labute approximate surface area is 176 Å². The number of ether oxygens (including phenoxy) is 1. The number of nitrogens with one attached hydrogen (secondary N) is 1. The highest BCUT2D eigenvalue weighted by atomic mass is 19.4.